The highest BCUT2D eigenvalue weighted by molar-refractivity contribution is 5.77. The van der Waals surface area contributed by atoms with Gasteiger partial charge >= 0.3 is 0 Å². The van der Waals surface area contributed by atoms with Gasteiger partial charge in [-0.15, -0.1) is 0 Å². The van der Waals surface area contributed by atoms with Crippen LogP contribution in [0.5, 0.6) is 0 Å². The largest absolute Gasteiger partial charge is 0.384 e. The lowest BCUT2D eigenvalue weighted by Gasteiger charge is -2.19. The summed E-state index contributed by atoms with van der Waals surface area (Å²) in [6.07, 6.45) is 2.54. The van der Waals surface area contributed by atoms with Crippen molar-refractivity contribution in [2.45, 2.75) is 46.3 Å². The second kappa shape index (κ2) is 10.2. The molecule has 2 N–H and O–H groups in total. The molecule has 0 saturated carbocycles. The SMILES string of the molecule is CC(C)Cn1c(=O)c2cnc(Nc3ccc(CCN(C)C)cc3)nc2n1-c1cccc(C(C)(C)O)n1. The zero-order chi connectivity index (χ0) is 26.0. The number of likely N-dealkylation sites (N-methyl/N-ethyl adjacent to an activating group) is 1. The van der Waals surface area contributed by atoms with E-state index in [2.05, 4.69) is 60.3 Å². The van der Waals surface area contributed by atoms with Gasteiger partial charge in [0.05, 0.1) is 5.69 Å². The molecule has 9 nitrogen and oxygen atoms in total. The molecule has 0 bridgehead atoms. The predicted molar refractivity (Wildman–Crippen MR) is 143 cm³/mol. The van der Waals surface area contributed by atoms with Gasteiger partial charge in [0.2, 0.25) is 5.95 Å². The van der Waals surface area contributed by atoms with Crippen molar-refractivity contribution < 1.29 is 5.11 Å². The maximum atomic E-state index is 13.3. The third-order valence-corrected chi connectivity index (χ3v) is 5.85. The lowest BCUT2D eigenvalue weighted by molar-refractivity contribution is 0.0738. The van der Waals surface area contributed by atoms with Crippen molar-refractivity contribution in [1.29, 1.82) is 0 Å². The molecule has 1 aromatic carbocycles. The zero-order valence-corrected chi connectivity index (χ0v) is 21.9. The van der Waals surface area contributed by atoms with Crippen molar-refractivity contribution in [3.05, 3.63) is 70.3 Å². The first-order chi connectivity index (χ1) is 17.0. The highest BCUT2D eigenvalue weighted by Gasteiger charge is 2.22. The Morgan fingerprint density at radius 2 is 1.81 bits per heavy atom. The molecule has 0 atom stereocenters. The monoisotopic (exact) mass is 489 g/mol. The molecule has 0 aliphatic rings. The Labute approximate surface area is 211 Å². The van der Waals surface area contributed by atoms with E-state index in [4.69, 9.17) is 4.98 Å². The molecule has 0 amide bonds. The number of aliphatic hydroxyl groups is 1. The summed E-state index contributed by atoms with van der Waals surface area (Å²) in [5.41, 5.74) is 1.78. The van der Waals surface area contributed by atoms with Crippen molar-refractivity contribution in [2.24, 2.45) is 5.92 Å². The van der Waals surface area contributed by atoms with E-state index in [1.165, 1.54) is 5.56 Å². The van der Waals surface area contributed by atoms with E-state index in [1.54, 1.807) is 35.5 Å². The molecule has 0 aliphatic heterocycles. The van der Waals surface area contributed by atoms with Gasteiger partial charge in [-0.3, -0.25) is 4.79 Å². The minimum Gasteiger partial charge on any atom is -0.384 e. The van der Waals surface area contributed by atoms with Crippen LogP contribution in [0.1, 0.15) is 39.0 Å². The first-order valence-electron chi connectivity index (χ1n) is 12.2. The number of hydrogen-bond acceptors (Lipinski definition) is 7. The van der Waals surface area contributed by atoms with Gasteiger partial charge in [0.1, 0.15) is 11.0 Å². The smallest absolute Gasteiger partial charge is 0.278 e. The van der Waals surface area contributed by atoms with E-state index in [0.717, 1.165) is 18.7 Å². The van der Waals surface area contributed by atoms with E-state index in [1.807, 2.05) is 24.3 Å². The molecule has 0 spiro atoms. The molecule has 190 valence electrons. The summed E-state index contributed by atoms with van der Waals surface area (Å²) in [6.45, 7) is 8.95. The Morgan fingerprint density at radius 1 is 1.08 bits per heavy atom. The lowest BCUT2D eigenvalue weighted by Crippen LogP contribution is -2.26. The van der Waals surface area contributed by atoms with E-state index < -0.39 is 5.60 Å². The van der Waals surface area contributed by atoms with Gasteiger partial charge in [-0.1, -0.05) is 32.0 Å². The van der Waals surface area contributed by atoms with Crippen molar-refractivity contribution in [2.75, 3.05) is 26.0 Å². The number of rotatable bonds is 9. The average molecular weight is 490 g/mol. The van der Waals surface area contributed by atoms with Crippen LogP contribution in [-0.2, 0) is 18.6 Å². The van der Waals surface area contributed by atoms with Crippen molar-refractivity contribution >= 4 is 22.7 Å². The van der Waals surface area contributed by atoms with E-state index in [9.17, 15) is 9.90 Å². The standard InChI is InChI=1S/C27H35N7O2/c1-18(2)17-33-25(35)21-16-28-26(29-20-12-10-19(11-13-20)14-15-32(5)6)31-24(21)34(33)23-9-7-8-22(30-23)27(3,4)36/h7-13,16,18,36H,14-15,17H2,1-6H3,(H,28,29,31). The molecule has 0 radical (unpaired) electrons. The summed E-state index contributed by atoms with van der Waals surface area (Å²) in [5.74, 6) is 1.12. The van der Waals surface area contributed by atoms with Crippen LogP contribution in [-0.4, -0.2) is 55.0 Å². The van der Waals surface area contributed by atoms with E-state index >= 15 is 0 Å². The Hall–Kier alpha value is -3.56. The maximum Gasteiger partial charge on any atom is 0.278 e. The first-order valence-corrected chi connectivity index (χ1v) is 12.2. The summed E-state index contributed by atoms with van der Waals surface area (Å²) in [7, 11) is 4.13. The Morgan fingerprint density at radius 3 is 2.44 bits per heavy atom. The van der Waals surface area contributed by atoms with Crippen LogP contribution >= 0.6 is 0 Å². The highest BCUT2D eigenvalue weighted by Crippen LogP contribution is 2.22. The molecule has 3 aromatic heterocycles. The van der Waals surface area contributed by atoms with Crippen molar-refractivity contribution in [1.82, 2.24) is 29.2 Å². The van der Waals surface area contributed by atoms with Gasteiger partial charge in [0.15, 0.2) is 11.5 Å². The van der Waals surface area contributed by atoms with Gasteiger partial charge in [0, 0.05) is 25.0 Å². The highest BCUT2D eigenvalue weighted by atomic mass is 16.3. The fourth-order valence-electron chi connectivity index (χ4n) is 3.95. The van der Waals surface area contributed by atoms with E-state index in [0.29, 0.717) is 35.0 Å². The zero-order valence-electron chi connectivity index (χ0n) is 21.9. The normalized spacial score (nSPS) is 12.1. The molecule has 36 heavy (non-hydrogen) atoms. The number of anilines is 2. The molecule has 3 heterocycles. The Bertz CT molecular complexity index is 1400. The molecule has 0 fully saturated rings. The number of benzene rings is 1. The molecular formula is C27H35N7O2. The van der Waals surface area contributed by atoms with Crippen molar-refractivity contribution in [3.63, 3.8) is 0 Å². The molecule has 0 unspecified atom stereocenters. The van der Waals surface area contributed by atoms with Crippen LogP contribution in [0.4, 0.5) is 11.6 Å². The van der Waals surface area contributed by atoms with Crippen LogP contribution in [0.3, 0.4) is 0 Å². The summed E-state index contributed by atoms with van der Waals surface area (Å²) in [5, 5.41) is 14.2. The summed E-state index contributed by atoms with van der Waals surface area (Å²) < 4.78 is 3.37. The van der Waals surface area contributed by atoms with Crippen LogP contribution in [0.25, 0.3) is 16.9 Å². The Balaban J connectivity index is 1.76. The molecule has 0 saturated heterocycles. The predicted octanol–water partition coefficient (Wildman–Crippen LogP) is 3.71. The van der Waals surface area contributed by atoms with Crippen LogP contribution < -0.4 is 10.9 Å². The van der Waals surface area contributed by atoms with Gasteiger partial charge < -0.3 is 15.3 Å². The molecule has 9 heteroatoms. The number of pyridine rings is 1. The van der Waals surface area contributed by atoms with Gasteiger partial charge in [-0.05, 0) is 70.1 Å². The van der Waals surface area contributed by atoms with Gasteiger partial charge in [0.25, 0.3) is 5.56 Å². The minimum absolute atomic E-state index is 0.175. The first kappa shape index (κ1) is 25.5. The van der Waals surface area contributed by atoms with Crippen LogP contribution in [0.2, 0.25) is 0 Å². The van der Waals surface area contributed by atoms with Gasteiger partial charge in [-0.25, -0.2) is 19.3 Å². The average Bonchev–Trinajstić information content (AvgIpc) is 3.08. The lowest BCUT2D eigenvalue weighted by atomic mass is 10.1. The molecular weight excluding hydrogens is 454 g/mol. The number of nitrogens with one attached hydrogen (secondary N) is 1. The summed E-state index contributed by atoms with van der Waals surface area (Å²) >= 11 is 0. The summed E-state index contributed by atoms with van der Waals surface area (Å²) in [4.78, 5) is 29.3. The number of nitrogens with zero attached hydrogens (tertiary/aromatic N) is 6. The van der Waals surface area contributed by atoms with E-state index in [-0.39, 0.29) is 11.5 Å². The molecule has 4 rings (SSSR count). The van der Waals surface area contributed by atoms with Crippen LogP contribution in [0, 0.1) is 5.92 Å². The van der Waals surface area contributed by atoms with Gasteiger partial charge in [-0.2, -0.15) is 4.98 Å². The van der Waals surface area contributed by atoms with Crippen LogP contribution in [0.15, 0.2) is 53.5 Å². The fourth-order valence-corrected chi connectivity index (χ4v) is 3.95. The topological polar surface area (TPSA) is 101 Å². The third-order valence-electron chi connectivity index (χ3n) is 5.85. The number of fused-ring (bicyclic) bond motifs is 1. The molecule has 0 aliphatic carbocycles. The number of aromatic nitrogens is 5. The maximum absolute atomic E-state index is 13.3. The quantitative estimate of drug-likeness (QED) is 0.370. The third kappa shape index (κ3) is 5.63. The molecule has 4 aromatic rings. The second-order valence-corrected chi connectivity index (χ2v) is 10.3. The minimum atomic E-state index is -1.12. The Kier molecular flexibility index (Phi) is 7.23. The summed E-state index contributed by atoms with van der Waals surface area (Å²) in [6, 6.07) is 13.6. The fraction of sp³-hybridized carbons (Fsp3) is 0.407. The number of hydrogen-bond donors (Lipinski definition) is 2. The van der Waals surface area contributed by atoms with Crippen molar-refractivity contribution in [3.8, 4) is 5.82 Å². The second-order valence-electron chi connectivity index (χ2n) is 10.3.